The zero-order valence-electron chi connectivity index (χ0n) is 12.5. The number of hydrogen-bond acceptors (Lipinski definition) is 4. The molecule has 4 nitrogen and oxygen atoms in total. The molecule has 1 aromatic heterocycles. The zero-order valence-corrected chi connectivity index (χ0v) is 13.4. The van der Waals surface area contributed by atoms with E-state index in [-0.39, 0.29) is 16.2 Å². The molecule has 0 radical (unpaired) electrons. The summed E-state index contributed by atoms with van der Waals surface area (Å²) in [6.45, 7) is 3.16. The average Bonchev–Trinajstić information content (AvgIpc) is 2.96. The van der Waals surface area contributed by atoms with Gasteiger partial charge in [0.05, 0.1) is 11.8 Å². The SMILES string of the molecule is CCNc1ncc(F)cc1C(=O)NCC1(SC)CCCC1. The second-order valence-electron chi connectivity index (χ2n) is 5.36. The molecule has 1 aromatic rings. The van der Waals surface area contributed by atoms with Crippen LogP contribution in [0.25, 0.3) is 0 Å². The topological polar surface area (TPSA) is 54.0 Å². The Balaban J connectivity index is 2.07. The lowest BCUT2D eigenvalue weighted by Gasteiger charge is -2.27. The predicted octanol–water partition coefficient (Wildman–Crippen LogP) is 3.06. The van der Waals surface area contributed by atoms with E-state index in [0.717, 1.165) is 19.0 Å². The van der Waals surface area contributed by atoms with E-state index in [9.17, 15) is 9.18 Å². The van der Waals surface area contributed by atoms with Gasteiger partial charge in [0.15, 0.2) is 0 Å². The maximum absolute atomic E-state index is 13.4. The molecular formula is C15H22FN3OS. The van der Waals surface area contributed by atoms with Crippen molar-refractivity contribution < 1.29 is 9.18 Å². The summed E-state index contributed by atoms with van der Waals surface area (Å²) in [6, 6.07) is 1.24. The molecule has 1 amide bonds. The molecule has 1 aliphatic rings. The van der Waals surface area contributed by atoms with Gasteiger partial charge in [0.1, 0.15) is 11.6 Å². The molecule has 0 aromatic carbocycles. The van der Waals surface area contributed by atoms with Crippen LogP contribution in [0.1, 0.15) is 43.0 Å². The van der Waals surface area contributed by atoms with Gasteiger partial charge in [-0.15, -0.1) is 0 Å². The van der Waals surface area contributed by atoms with Crippen molar-refractivity contribution in [2.75, 3.05) is 24.7 Å². The van der Waals surface area contributed by atoms with Crippen molar-refractivity contribution in [2.45, 2.75) is 37.4 Å². The number of amides is 1. The summed E-state index contributed by atoms with van der Waals surface area (Å²) >= 11 is 1.81. The van der Waals surface area contributed by atoms with Gasteiger partial charge in [-0.3, -0.25) is 4.79 Å². The number of hydrogen-bond donors (Lipinski definition) is 2. The Bertz CT molecular complexity index is 504. The third kappa shape index (κ3) is 3.87. The van der Waals surface area contributed by atoms with Crippen LogP contribution in [0.5, 0.6) is 0 Å². The van der Waals surface area contributed by atoms with Gasteiger partial charge in [-0.2, -0.15) is 11.8 Å². The van der Waals surface area contributed by atoms with Crippen LogP contribution >= 0.6 is 11.8 Å². The molecule has 0 unspecified atom stereocenters. The summed E-state index contributed by atoms with van der Waals surface area (Å²) < 4.78 is 13.5. The molecule has 0 saturated heterocycles. The van der Waals surface area contributed by atoms with Gasteiger partial charge in [-0.25, -0.2) is 9.37 Å². The van der Waals surface area contributed by atoms with Gasteiger partial charge in [-0.1, -0.05) is 12.8 Å². The maximum Gasteiger partial charge on any atom is 0.255 e. The summed E-state index contributed by atoms with van der Waals surface area (Å²) in [6.07, 6.45) is 7.87. The third-order valence-electron chi connectivity index (χ3n) is 3.96. The maximum atomic E-state index is 13.4. The normalized spacial score (nSPS) is 16.7. The summed E-state index contributed by atoms with van der Waals surface area (Å²) in [5.41, 5.74) is 0.270. The molecule has 1 fully saturated rings. The van der Waals surface area contributed by atoms with Crippen LogP contribution in [0.15, 0.2) is 12.3 Å². The first-order chi connectivity index (χ1) is 10.1. The Hall–Kier alpha value is -1.30. The van der Waals surface area contributed by atoms with Crippen LogP contribution in [-0.2, 0) is 0 Å². The lowest BCUT2D eigenvalue weighted by molar-refractivity contribution is 0.0949. The highest BCUT2D eigenvalue weighted by Crippen LogP contribution is 2.39. The fourth-order valence-corrected chi connectivity index (χ4v) is 3.64. The molecule has 6 heteroatoms. The molecule has 116 valence electrons. The molecule has 1 heterocycles. The minimum Gasteiger partial charge on any atom is -0.370 e. The number of pyridine rings is 1. The van der Waals surface area contributed by atoms with E-state index in [1.54, 1.807) is 0 Å². The molecule has 0 spiro atoms. The number of nitrogens with zero attached hydrogens (tertiary/aromatic N) is 1. The Morgan fingerprint density at radius 3 is 2.81 bits per heavy atom. The smallest absolute Gasteiger partial charge is 0.255 e. The highest BCUT2D eigenvalue weighted by molar-refractivity contribution is 8.00. The van der Waals surface area contributed by atoms with Gasteiger partial charge in [-0.05, 0) is 32.1 Å². The molecule has 2 rings (SSSR count). The number of carbonyl (C=O) groups is 1. The minimum atomic E-state index is -0.498. The van der Waals surface area contributed by atoms with E-state index in [0.29, 0.717) is 18.9 Å². The molecule has 1 aliphatic carbocycles. The highest BCUT2D eigenvalue weighted by Gasteiger charge is 2.33. The molecule has 2 N–H and O–H groups in total. The molecule has 1 saturated carbocycles. The Labute approximate surface area is 129 Å². The van der Waals surface area contributed by atoms with Gasteiger partial charge in [0.2, 0.25) is 0 Å². The fraction of sp³-hybridized carbons (Fsp3) is 0.600. The van der Waals surface area contributed by atoms with Gasteiger partial charge < -0.3 is 10.6 Å². The summed E-state index contributed by atoms with van der Waals surface area (Å²) in [4.78, 5) is 16.3. The molecule has 0 aliphatic heterocycles. The Morgan fingerprint density at radius 2 is 2.19 bits per heavy atom. The molecule has 0 bridgehead atoms. The first kappa shape index (κ1) is 16.1. The van der Waals surface area contributed by atoms with Crippen LogP contribution < -0.4 is 10.6 Å². The van der Waals surface area contributed by atoms with Crippen molar-refractivity contribution in [2.24, 2.45) is 0 Å². The number of halogens is 1. The van der Waals surface area contributed by atoms with Crippen molar-refractivity contribution in [3.05, 3.63) is 23.6 Å². The van der Waals surface area contributed by atoms with Crippen molar-refractivity contribution >= 4 is 23.5 Å². The lowest BCUT2D eigenvalue weighted by Crippen LogP contribution is -2.38. The van der Waals surface area contributed by atoms with Crippen molar-refractivity contribution in [1.29, 1.82) is 0 Å². The van der Waals surface area contributed by atoms with Crippen LogP contribution in [-0.4, -0.2) is 35.0 Å². The number of aromatic nitrogens is 1. The Kier molecular flexibility index (Phi) is 5.45. The van der Waals surface area contributed by atoms with Crippen molar-refractivity contribution in [1.82, 2.24) is 10.3 Å². The van der Waals surface area contributed by atoms with E-state index in [1.807, 2.05) is 18.7 Å². The van der Waals surface area contributed by atoms with Gasteiger partial charge in [0.25, 0.3) is 5.91 Å². The molecular weight excluding hydrogens is 289 g/mol. The van der Waals surface area contributed by atoms with Gasteiger partial charge >= 0.3 is 0 Å². The number of nitrogens with one attached hydrogen (secondary N) is 2. The fourth-order valence-electron chi connectivity index (χ4n) is 2.73. The van der Waals surface area contributed by atoms with Crippen LogP contribution in [0.2, 0.25) is 0 Å². The first-order valence-corrected chi connectivity index (χ1v) is 8.55. The van der Waals surface area contributed by atoms with Crippen LogP contribution in [0.4, 0.5) is 10.2 Å². The average molecular weight is 311 g/mol. The van der Waals surface area contributed by atoms with Crippen molar-refractivity contribution in [3.8, 4) is 0 Å². The number of anilines is 1. The first-order valence-electron chi connectivity index (χ1n) is 7.33. The Morgan fingerprint density at radius 1 is 1.48 bits per heavy atom. The standard InChI is InChI=1S/C15H22FN3OS/c1-3-17-13-12(8-11(16)9-18-13)14(20)19-10-15(21-2)6-4-5-7-15/h8-9H,3-7,10H2,1-2H3,(H,17,18)(H,19,20). The van der Waals surface area contributed by atoms with Crippen LogP contribution in [0, 0.1) is 5.82 Å². The number of rotatable bonds is 6. The zero-order chi connectivity index (χ0) is 15.3. The molecule has 0 atom stereocenters. The van der Waals surface area contributed by atoms with Gasteiger partial charge in [0, 0.05) is 17.8 Å². The number of carbonyl (C=O) groups excluding carboxylic acids is 1. The van der Waals surface area contributed by atoms with Crippen molar-refractivity contribution in [3.63, 3.8) is 0 Å². The quantitative estimate of drug-likeness (QED) is 0.848. The van der Waals surface area contributed by atoms with E-state index in [4.69, 9.17) is 0 Å². The highest BCUT2D eigenvalue weighted by atomic mass is 32.2. The number of thioether (sulfide) groups is 1. The van der Waals surface area contributed by atoms with E-state index < -0.39 is 5.82 Å². The van der Waals surface area contributed by atoms with E-state index in [1.165, 1.54) is 18.9 Å². The van der Waals surface area contributed by atoms with E-state index in [2.05, 4.69) is 21.9 Å². The second kappa shape index (κ2) is 7.11. The molecule has 21 heavy (non-hydrogen) atoms. The third-order valence-corrected chi connectivity index (χ3v) is 5.38. The lowest BCUT2D eigenvalue weighted by atomic mass is 10.1. The van der Waals surface area contributed by atoms with Crippen LogP contribution in [0.3, 0.4) is 0 Å². The summed E-state index contributed by atoms with van der Waals surface area (Å²) in [5, 5.41) is 5.94. The second-order valence-corrected chi connectivity index (χ2v) is 6.63. The summed E-state index contributed by atoms with van der Waals surface area (Å²) in [7, 11) is 0. The monoisotopic (exact) mass is 311 g/mol. The van der Waals surface area contributed by atoms with E-state index >= 15 is 0 Å². The largest absolute Gasteiger partial charge is 0.370 e. The summed E-state index contributed by atoms with van der Waals surface area (Å²) in [5.74, 6) is -0.332. The predicted molar refractivity (Wildman–Crippen MR) is 85.4 cm³/mol. The minimum absolute atomic E-state index is 0.134.